The molecule has 0 aliphatic carbocycles. The van der Waals surface area contributed by atoms with E-state index < -0.39 is 12.0 Å². The maximum Gasteiger partial charge on any atom is 0.338 e. The highest BCUT2D eigenvalue weighted by Gasteiger charge is 2.28. The number of ether oxygens (including phenoxy) is 2. The summed E-state index contributed by atoms with van der Waals surface area (Å²) in [6.07, 6.45) is 0. The number of carbonyl (C=O) groups is 2. The number of rotatable bonds is 6. The van der Waals surface area contributed by atoms with Crippen LogP contribution in [-0.2, 0) is 20.9 Å². The molecule has 0 N–H and O–H groups in total. The van der Waals surface area contributed by atoms with Gasteiger partial charge in [0.25, 0.3) is 0 Å². The summed E-state index contributed by atoms with van der Waals surface area (Å²) < 4.78 is 15.9. The van der Waals surface area contributed by atoms with E-state index in [0.29, 0.717) is 34.5 Å². The fourth-order valence-corrected chi connectivity index (χ4v) is 3.21. The molecular formula is C18H17NO5S. The molecule has 0 saturated carbocycles. The van der Waals surface area contributed by atoms with Crippen LogP contribution in [0.3, 0.4) is 0 Å². The van der Waals surface area contributed by atoms with Crippen LogP contribution in [0.4, 0.5) is 0 Å². The molecule has 0 saturated heterocycles. The number of hydrogen-bond acceptors (Lipinski definition) is 7. The first-order chi connectivity index (χ1) is 12.2. The normalized spacial score (nSPS) is 16.4. The van der Waals surface area contributed by atoms with Gasteiger partial charge in [-0.1, -0.05) is 18.2 Å². The molecule has 0 amide bonds. The first-order valence-electron chi connectivity index (χ1n) is 7.86. The second-order valence-corrected chi connectivity index (χ2v) is 6.23. The Labute approximate surface area is 149 Å². The van der Waals surface area contributed by atoms with E-state index in [2.05, 4.69) is 4.99 Å². The lowest BCUT2D eigenvalue weighted by atomic mass is 10.2. The highest BCUT2D eigenvalue weighted by atomic mass is 32.2. The molecule has 3 rings (SSSR count). The van der Waals surface area contributed by atoms with Gasteiger partial charge in [0.2, 0.25) is 0 Å². The summed E-state index contributed by atoms with van der Waals surface area (Å²) in [7, 11) is 0. The van der Waals surface area contributed by atoms with E-state index in [-0.39, 0.29) is 12.6 Å². The minimum atomic E-state index is -0.496. The van der Waals surface area contributed by atoms with Crippen molar-refractivity contribution in [3.05, 3.63) is 59.5 Å². The highest BCUT2D eigenvalue weighted by Crippen LogP contribution is 2.25. The van der Waals surface area contributed by atoms with Crippen molar-refractivity contribution in [3.8, 4) is 0 Å². The minimum Gasteiger partial charge on any atom is -0.464 e. The van der Waals surface area contributed by atoms with Gasteiger partial charge in [0.1, 0.15) is 17.4 Å². The highest BCUT2D eigenvalue weighted by molar-refractivity contribution is 8.14. The van der Waals surface area contributed by atoms with Crippen molar-refractivity contribution in [1.29, 1.82) is 0 Å². The van der Waals surface area contributed by atoms with Crippen molar-refractivity contribution in [2.24, 2.45) is 4.99 Å². The van der Waals surface area contributed by atoms with Gasteiger partial charge in [-0.3, -0.25) is 4.99 Å². The first kappa shape index (κ1) is 17.3. The van der Waals surface area contributed by atoms with Crippen molar-refractivity contribution in [1.82, 2.24) is 0 Å². The number of benzene rings is 1. The Kier molecular flexibility index (Phi) is 5.55. The monoisotopic (exact) mass is 359 g/mol. The number of furan rings is 1. The molecule has 25 heavy (non-hydrogen) atoms. The second-order valence-electron chi connectivity index (χ2n) is 5.22. The maximum absolute atomic E-state index is 11.9. The molecular weight excluding hydrogens is 342 g/mol. The number of esters is 2. The number of hydrogen-bond donors (Lipinski definition) is 0. The van der Waals surface area contributed by atoms with Crippen molar-refractivity contribution in [3.63, 3.8) is 0 Å². The number of carbonyl (C=O) groups excluding carboxylic acids is 2. The summed E-state index contributed by atoms with van der Waals surface area (Å²) in [6, 6.07) is 11.8. The van der Waals surface area contributed by atoms with Gasteiger partial charge in [0.05, 0.1) is 12.2 Å². The zero-order chi connectivity index (χ0) is 17.6. The van der Waals surface area contributed by atoms with Crippen LogP contribution in [-0.4, -0.2) is 35.4 Å². The van der Waals surface area contributed by atoms with Gasteiger partial charge in [-0.2, -0.15) is 0 Å². The van der Waals surface area contributed by atoms with Gasteiger partial charge in [-0.15, -0.1) is 11.8 Å². The largest absolute Gasteiger partial charge is 0.464 e. The van der Waals surface area contributed by atoms with Crippen LogP contribution >= 0.6 is 11.8 Å². The summed E-state index contributed by atoms with van der Waals surface area (Å²) in [6.45, 7) is 2.13. The molecule has 0 bridgehead atoms. The smallest absolute Gasteiger partial charge is 0.338 e. The molecule has 1 aliphatic heterocycles. The Hall–Kier alpha value is -2.54. The number of thioether (sulfide) groups is 1. The quantitative estimate of drug-likeness (QED) is 0.738. The number of nitrogens with zero attached hydrogens (tertiary/aromatic N) is 1. The van der Waals surface area contributed by atoms with Gasteiger partial charge in [-0.25, -0.2) is 9.59 Å². The average Bonchev–Trinajstić information content (AvgIpc) is 3.30. The maximum atomic E-state index is 11.9. The van der Waals surface area contributed by atoms with E-state index >= 15 is 0 Å². The van der Waals surface area contributed by atoms with E-state index in [1.165, 1.54) is 11.8 Å². The molecule has 1 aliphatic rings. The van der Waals surface area contributed by atoms with Gasteiger partial charge >= 0.3 is 11.9 Å². The lowest BCUT2D eigenvalue weighted by Crippen LogP contribution is -2.21. The molecule has 130 valence electrons. The van der Waals surface area contributed by atoms with Crippen LogP contribution < -0.4 is 0 Å². The van der Waals surface area contributed by atoms with Gasteiger partial charge in [0.15, 0.2) is 11.8 Å². The Balaban J connectivity index is 1.59. The predicted molar refractivity (Wildman–Crippen MR) is 93.7 cm³/mol. The lowest BCUT2D eigenvalue weighted by Gasteiger charge is -2.03. The van der Waals surface area contributed by atoms with E-state index in [1.807, 2.05) is 6.07 Å². The molecule has 7 heteroatoms. The van der Waals surface area contributed by atoms with Gasteiger partial charge < -0.3 is 13.9 Å². The van der Waals surface area contributed by atoms with E-state index in [0.717, 1.165) is 0 Å². The third-order valence-electron chi connectivity index (χ3n) is 3.44. The molecule has 1 atom stereocenters. The van der Waals surface area contributed by atoms with E-state index in [4.69, 9.17) is 13.9 Å². The van der Waals surface area contributed by atoms with Crippen molar-refractivity contribution >= 4 is 28.7 Å². The van der Waals surface area contributed by atoms with Crippen LogP contribution in [0.15, 0.2) is 51.9 Å². The zero-order valence-corrected chi connectivity index (χ0v) is 14.5. The topological polar surface area (TPSA) is 78.1 Å². The van der Waals surface area contributed by atoms with Crippen LogP contribution in [0.2, 0.25) is 0 Å². The summed E-state index contributed by atoms with van der Waals surface area (Å²) in [5.74, 6) is 0.875. The minimum absolute atomic E-state index is 0.0347. The fraction of sp³-hybridized carbons (Fsp3) is 0.278. The standard InChI is InChI=1S/C18H17NO5S/c1-2-22-18(21)14-11-25-16(19-14)15-9-8-13(24-15)10-23-17(20)12-6-4-3-5-7-12/h3-9,14H,2,10-11H2,1H3. The third kappa shape index (κ3) is 4.30. The van der Waals surface area contributed by atoms with Crippen molar-refractivity contribution in [2.75, 3.05) is 12.4 Å². The van der Waals surface area contributed by atoms with Crippen LogP contribution in [0, 0.1) is 0 Å². The summed E-state index contributed by atoms with van der Waals surface area (Å²) in [5, 5.41) is 0.652. The molecule has 0 radical (unpaired) electrons. The third-order valence-corrected chi connectivity index (χ3v) is 4.50. The fourth-order valence-electron chi connectivity index (χ4n) is 2.23. The Morgan fingerprint density at radius 2 is 2.00 bits per heavy atom. The predicted octanol–water partition coefficient (Wildman–Crippen LogP) is 3.06. The van der Waals surface area contributed by atoms with Gasteiger partial charge in [-0.05, 0) is 31.2 Å². The summed E-state index contributed by atoms with van der Waals surface area (Å²) in [4.78, 5) is 28.0. The molecule has 6 nitrogen and oxygen atoms in total. The SMILES string of the molecule is CCOC(=O)C1CSC(c2ccc(COC(=O)c3ccccc3)o2)=N1. The lowest BCUT2D eigenvalue weighted by molar-refractivity contribution is -0.143. The number of aliphatic imine (C=N–C) groups is 1. The zero-order valence-electron chi connectivity index (χ0n) is 13.6. The van der Waals surface area contributed by atoms with Gasteiger partial charge in [0, 0.05) is 5.75 Å². The molecule has 2 aromatic rings. The Bertz CT molecular complexity index is 784. The molecule has 1 aromatic carbocycles. The van der Waals surface area contributed by atoms with Crippen LogP contribution in [0.5, 0.6) is 0 Å². The summed E-state index contributed by atoms with van der Waals surface area (Å²) in [5.41, 5.74) is 0.488. The second kappa shape index (κ2) is 8.02. The van der Waals surface area contributed by atoms with Crippen molar-refractivity contribution < 1.29 is 23.5 Å². The molecule has 1 unspecified atom stereocenters. The molecule has 0 fully saturated rings. The van der Waals surface area contributed by atoms with E-state index in [9.17, 15) is 9.59 Å². The van der Waals surface area contributed by atoms with Crippen molar-refractivity contribution in [2.45, 2.75) is 19.6 Å². The first-order valence-corrected chi connectivity index (χ1v) is 8.84. The van der Waals surface area contributed by atoms with Crippen LogP contribution in [0.25, 0.3) is 0 Å². The average molecular weight is 359 g/mol. The van der Waals surface area contributed by atoms with E-state index in [1.54, 1.807) is 43.3 Å². The molecule has 1 aromatic heterocycles. The summed E-state index contributed by atoms with van der Waals surface area (Å²) >= 11 is 1.44. The Morgan fingerprint density at radius 3 is 2.76 bits per heavy atom. The molecule has 2 heterocycles. The van der Waals surface area contributed by atoms with Crippen LogP contribution in [0.1, 0.15) is 28.8 Å². The molecule has 0 spiro atoms. The Morgan fingerprint density at radius 1 is 1.20 bits per heavy atom.